The molecule has 0 atom stereocenters. The minimum atomic E-state index is -0.592. The second-order valence-electron chi connectivity index (χ2n) is 7.70. The topological polar surface area (TPSA) is 152 Å². The Labute approximate surface area is 193 Å². The summed E-state index contributed by atoms with van der Waals surface area (Å²) in [6.45, 7) is 1.92. The van der Waals surface area contributed by atoms with Gasteiger partial charge in [0.15, 0.2) is 23.3 Å². The van der Waals surface area contributed by atoms with E-state index in [0.717, 1.165) is 18.4 Å². The van der Waals surface area contributed by atoms with Crippen LogP contribution in [0, 0.1) is 3.70 Å². The number of likely N-dealkylation sites (tertiary alicyclic amines) is 1. The smallest absolute Gasteiger partial charge is 0.302 e. The predicted molar refractivity (Wildman–Crippen MR) is 125 cm³/mol. The largest absolute Gasteiger partial charge is 0.382 e. The maximum atomic E-state index is 12.6. The lowest BCUT2D eigenvalue weighted by Gasteiger charge is -2.38. The molecule has 3 heterocycles. The Hall–Kier alpha value is -2.96. The number of hydrogen-bond acceptors (Lipinski definition) is 6. The molecular formula is C20H23IN8O2. The van der Waals surface area contributed by atoms with Crippen LogP contribution in [0.5, 0.6) is 0 Å². The van der Waals surface area contributed by atoms with Crippen LogP contribution >= 0.6 is 22.6 Å². The van der Waals surface area contributed by atoms with E-state index in [1.165, 1.54) is 0 Å². The molecular weight excluding hydrogens is 511 g/mol. The van der Waals surface area contributed by atoms with Gasteiger partial charge in [0.1, 0.15) is 3.70 Å². The highest BCUT2D eigenvalue weighted by atomic mass is 127. The molecule has 0 aliphatic carbocycles. The van der Waals surface area contributed by atoms with Crippen molar-refractivity contribution >= 4 is 52.0 Å². The van der Waals surface area contributed by atoms with Crippen molar-refractivity contribution in [2.24, 2.45) is 4.99 Å². The van der Waals surface area contributed by atoms with Crippen molar-refractivity contribution in [1.29, 1.82) is 0 Å². The predicted octanol–water partition coefficient (Wildman–Crippen LogP) is 0.539. The lowest BCUT2D eigenvalue weighted by molar-refractivity contribution is -0.132. The first-order chi connectivity index (χ1) is 14.8. The molecule has 31 heavy (non-hydrogen) atoms. The number of aromatic nitrogens is 2. The molecule has 6 N–H and O–H groups in total. The fourth-order valence-electron chi connectivity index (χ4n) is 3.78. The Kier molecular flexibility index (Phi) is 5.94. The molecule has 2 aliphatic rings. The Morgan fingerprint density at radius 2 is 1.84 bits per heavy atom. The molecule has 0 bridgehead atoms. The maximum absolute atomic E-state index is 12.6. The number of amides is 2. The van der Waals surface area contributed by atoms with E-state index in [9.17, 15) is 9.59 Å². The zero-order valence-corrected chi connectivity index (χ0v) is 18.9. The molecule has 2 fully saturated rings. The average Bonchev–Trinajstić information content (AvgIpc) is 3.13. The summed E-state index contributed by atoms with van der Waals surface area (Å²) in [6.07, 6.45) is 1.93. The molecule has 2 amide bonds. The van der Waals surface area contributed by atoms with Crippen molar-refractivity contribution in [2.75, 3.05) is 31.1 Å². The number of guanidine groups is 1. The number of nitrogens with two attached hydrogens (primary N) is 2. The number of nitrogens with zero attached hydrogens (tertiary/aromatic N) is 4. The number of carbonyl (C=O) groups is 2. The summed E-state index contributed by atoms with van der Waals surface area (Å²) in [7, 11) is 0. The average molecular weight is 534 g/mol. The van der Waals surface area contributed by atoms with Crippen molar-refractivity contribution in [3.63, 3.8) is 0 Å². The highest BCUT2D eigenvalue weighted by molar-refractivity contribution is 14.1. The molecule has 0 saturated carbocycles. The maximum Gasteiger partial charge on any atom is 0.302 e. The zero-order valence-electron chi connectivity index (χ0n) is 16.8. The molecule has 0 unspecified atom stereocenters. The third kappa shape index (κ3) is 4.70. The molecule has 11 heteroatoms. The van der Waals surface area contributed by atoms with Crippen LogP contribution in [0.1, 0.15) is 28.9 Å². The number of piperidine rings is 1. The Morgan fingerprint density at radius 3 is 2.55 bits per heavy atom. The summed E-state index contributed by atoms with van der Waals surface area (Å²) in [5.74, 6) is 0.0350. The molecule has 4 rings (SSSR count). The van der Waals surface area contributed by atoms with Crippen molar-refractivity contribution in [2.45, 2.75) is 24.8 Å². The third-order valence-corrected chi connectivity index (χ3v) is 6.36. The van der Waals surface area contributed by atoms with E-state index in [1.807, 2.05) is 57.8 Å². The highest BCUT2D eigenvalue weighted by Crippen LogP contribution is 2.25. The van der Waals surface area contributed by atoms with Gasteiger partial charge >= 0.3 is 5.91 Å². The molecule has 1 aromatic heterocycles. The van der Waals surface area contributed by atoms with Crippen molar-refractivity contribution in [1.82, 2.24) is 25.5 Å². The van der Waals surface area contributed by atoms with Crippen LogP contribution in [0.3, 0.4) is 0 Å². The quantitative estimate of drug-likeness (QED) is 0.417. The molecule has 1 aromatic carbocycles. The van der Waals surface area contributed by atoms with Crippen LogP contribution in [0.25, 0.3) is 0 Å². The standard InChI is InChI=1S/C20H23IN8O2/c21-15-17(23)26-16(22)14(25-15)18(31)27-19-24-11-20(28-19)6-8-29(9-7-20)13(30)10-12-4-2-1-3-5-12/h1-5H,6-11H2,(H4,22,23,26)(H2,24,27,28,31). The highest BCUT2D eigenvalue weighted by Gasteiger charge is 2.40. The molecule has 10 nitrogen and oxygen atoms in total. The summed E-state index contributed by atoms with van der Waals surface area (Å²) in [4.78, 5) is 39.1. The van der Waals surface area contributed by atoms with Gasteiger partial charge < -0.3 is 27.0 Å². The molecule has 2 aromatic rings. The first-order valence-electron chi connectivity index (χ1n) is 9.90. The lowest BCUT2D eigenvalue weighted by atomic mass is 9.88. The van der Waals surface area contributed by atoms with Crippen molar-refractivity contribution in [3.05, 3.63) is 45.3 Å². The van der Waals surface area contributed by atoms with Crippen molar-refractivity contribution < 1.29 is 9.59 Å². The number of halogens is 1. The van der Waals surface area contributed by atoms with Gasteiger partial charge in [-0.2, -0.15) is 4.99 Å². The van der Waals surface area contributed by atoms with Gasteiger partial charge in [-0.1, -0.05) is 30.3 Å². The SMILES string of the molecule is Nc1nc(N)c(C(=O)/N=C2\NCC3(CCN(C(=O)Cc4ccccc4)CC3)N2)nc1I. The molecule has 0 radical (unpaired) electrons. The Morgan fingerprint density at radius 1 is 1.13 bits per heavy atom. The summed E-state index contributed by atoms with van der Waals surface area (Å²) in [5.41, 5.74) is 12.2. The number of rotatable bonds is 3. The number of anilines is 2. The van der Waals surface area contributed by atoms with Crippen LogP contribution in [-0.2, 0) is 11.2 Å². The van der Waals surface area contributed by atoms with E-state index < -0.39 is 5.91 Å². The normalized spacial score (nSPS) is 18.6. The van der Waals surface area contributed by atoms with Crippen LogP contribution in [0.15, 0.2) is 35.3 Å². The number of aliphatic imine (C=N–C) groups is 1. The van der Waals surface area contributed by atoms with E-state index in [2.05, 4.69) is 25.6 Å². The third-order valence-electron chi connectivity index (χ3n) is 5.57. The van der Waals surface area contributed by atoms with Gasteiger partial charge in [0.2, 0.25) is 5.91 Å². The van der Waals surface area contributed by atoms with Crippen LogP contribution in [0.2, 0.25) is 0 Å². The summed E-state index contributed by atoms with van der Waals surface area (Å²) in [5, 5.41) is 6.47. The number of benzene rings is 1. The fourth-order valence-corrected chi connectivity index (χ4v) is 4.14. The summed E-state index contributed by atoms with van der Waals surface area (Å²) < 4.78 is 0.395. The Balaban J connectivity index is 1.36. The van der Waals surface area contributed by atoms with E-state index in [4.69, 9.17) is 11.5 Å². The monoisotopic (exact) mass is 534 g/mol. The van der Waals surface area contributed by atoms with Gasteiger partial charge in [0.25, 0.3) is 0 Å². The van der Waals surface area contributed by atoms with E-state index in [0.29, 0.717) is 35.7 Å². The first kappa shape index (κ1) is 21.3. The lowest BCUT2D eigenvalue weighted by Crippen LogP contribution is -2.54. The van der Waals surface area contributed by atoms with Crippen LogP contribution in [-0.4, -0.2) is 57.8 Å². The minimum absolute atomic E-state index is 0.0306. The number of hydrogen-bond donors (Lipinski definition) is 4. The number of carbonyl (C=O) groups excluding carboxylic acids is 2. The van der Waals surface area contributed by atoms with Gasteiger partial charge in [-0.25, -0.2) is 9.97 Å². The van der Waals surface area contributed by atoms with Gasteiger partial charge in [-0.3, -0.25) is 9.59 Å². The zero-order chi connectivity index (χ0) is 22.0. The summed E-state index contributed by atoms with van der Waals surface area (Å²) >= 11 is 1.89. The van der Waals surface area contributed by atoms with Crippen molar-refractivity contribution in [3.8, 4) is 0 Å². The van der Waals surface area contributed by atoms with Gasteiger partial charge in [0.05, 0.1) is 12.0 Å². The Bertz CT molecular complexity index is 1030. The molecule has 2 aliphatic heterocycles. The molecule has 2 saturated heterocycles. The van der Waals surface area contributed by atoms with Gasteiger partial charge in [0, 0.05) is 19.6 Å². The second kappa shape index (κ2) is 8.65. The fraction of sp³-hybridized carbons (Fsp3) is 0.350. The van der Waals surface area contributed by atoms with E-state index in [-0.39, 0.29) is 28.8 Å². The summed E-state index contributed by atoms with van der Waals surface area (Å²) in [6, 6.07) is 9.74. The number of nitrogens with one attached hydrogen (secondary N) is 2. The molecule has 162 valence electrons. The van der Waals surface area contributed by atoms with Crippen LogP contribution < -0.4 is 22.1 Å². The minimum Gasteiger partial charge on any atom is -0.382 e. The van der Waals surface area contributed by atoms with Gasteiger partial charge in [-0.15, -0.1) is 0 Å². The first-order valence-corrected chi connectivity index (χ1v) is 11.0. The molecule has 1 spiro atoms. The second-order valence-corrected chi connectivity index (χ2v) is 8.72. The van der Waals surface area contributed by atoms with E-state index in [1.54, 1.807) is 0 Å². The van der Waals surface area contributed by atoms with Gasteiger partial charge in [-0.05, 0) is 41.0 Å². The van der Waals surface area contributed by atoms with E-state index >= 15 is 0 Å². The van der Waals surface area contributed by atoms with Crippen LogP contribution in [0.4, 0.5) is 11.6 Å². The number of nitrogen functional groups attached to an aromatic ring is 2.